The number of nitrogen functional groups attached to an aromatic ring is 1. The molecule has 2 aromatic carbocycles. The Morgan fingerprint density at radius 1 is 1.00 bits per heavy atom. The summed E-state index contributed by atoms with van der Waals surface area (Å²) < 4.78 is 7.61. The molecule has 108 valence electrons. The van der Waals surface area contributed by atoms with Crippen LogP contribution in [0.2, 0.25) is 0 Å². The zero-order valence-electron chi connectivity index (χ0n) is 11.8. The van der Waals surface area contributed by atoms with E-state index in [1.165, 1.54) is 0 Å². The van der Waals surface area contributed by atoms with Gasteiger partial charge in [0, 0.05) is 12.2 Å². The molecular formula is C16H18N4O. The lowest BCUT2D eigenvalue weighted by Crippen LogP contribution is -2.03. The standard InChI is InChI=1S/C16H18N4O/c17-13-7-9-14(10-8-13)21-12-4-3-11-20-16-6-2-1-5-15(16)18-19-20/h1-2,5-10H,3-4,11-12,17H2. The lowest BCUT2D eigenvalue weighted by molar-refractivity contribution is 0.302. The van der Waals surface area contributed by atoms with Gasteiger partial charge in [0.05, 0.1) is 12.1 Å². The van der Waals surface area contributed by atoms with Gasteiger partial charge in [0.25, 0.3) is 0 Å². The fourth-order valence-electron chi connectivity index (χ4n) is 2.20. The van der Waals surface area contributed by atoms with Crippen LogP contribution in [0.4, 0.5) is 5.69 Å². The molecule has 0 saturated carbocycles. The number of rotatable bonds is 6. The summed E-state index contributed by atoms with van der Waals surface area (Å²) in [6.45, 7) is 1.54. The number of nitrogens with zero attached hydrogens (tertiary/aromatic N) is 3. The maximum absolute atomic E-state index is 5.67. The average molecular weight is 282 g/mol. The third-order valence-corrected chi connectivity index (χ3v) is 3.33. The van der Waals surface area contributed by atoms with Gasteiger partial charge < -0.3 is 10.5 Å². The van der Waals surface area contributed by atoms with Crippen LogP contribution in [0.5, 0.6) is 5.75 Å². The minimum atomic E-state index is 0.691. The van der Waals surface area contributed by atoms with Crippen LogP contribution in [-0.4, -0.2) is 21.6 Å². The van der Waals surface area contributed by atoms with Crippen LogP contribution in [0.3, 0.4) is 0 Å². The lowest BCUT2D eigenvalue weighted by atomic mass is 10.3. The quantitative estimate of drug-likeness (QED) is 0.557. The maximum atomic E-state index is 5.67. The molecule has 1 heterocycles. The zero-order valence-corrected chi connectivity index (χ0v) is 11.8. The van der Waals surface area contributed by atoms with Crippen LogP contribution in [0.15, 0.2) is 48.5 Å². The number of fused-ring (bicyclic) bond motifs is 1. The van der Waals surface area contributed by atoms with Crippen molar-refractivity contribution in [3.63, 3.8) is 0 Å². The first kappa shape index (κ1) is 13.4. The molecule has 0 spiro atoms. The largest absolute Gasteiger partial charge is 0.494 e. The summed E-state index contributed by atoms with van der Waals surface area (Å²) in [5, 5.41) is 8.32. The van der Waals surface area contributed by atoms with Crippen molar-refractivity contribution in [3.05, 3.63) is 48.5 Å². The van der Waals surface area contributed by atoms with Gasteiger partial charge in [0.15, 0.2) is 0 Å². The summed E-state index contributed by atoms with van der Waals surface area (Å²) in [6, 6.07) is 15.5. The summed E-state index contributed by atoms with van der Waals surface area (Å²) >= 11 is 0. The normalized spacial score (nSPS) is 10.9. The van der Waals surface area contributed by atoms with Gasteiger partial charge in [-0.05, 0) is 49.2 Å². The van der Waals surface area contributed by atoms with Gasteiger partial charge >= 0.3 is 0 Å². The first-order chi connectivity index (χ1) is 10.3. The Morgan fingerprint density at radius 2 is 1.81 bits per heavy atom. The SMILES string of the molecule is Nc1ccc(OCCCCn2nnc3ccccc32)cc1. The predicted molar refractivity (Wildman–Crippen MR) is 83.1 cm³/mol. The van der Waals surface area contributed by atoms with E-state index in [9.17, 15) is 0 Å². The molecule has 0 saturated heterocycles. The van der Waals surface area contributed by atoms with E-state index in [1.807, 2.05) is 53.2 Å². The third-order valence-electron chi connectivity index (χ3n) is 3.33. The van der Waals surface area contributed by atoms with Crippen LogP contribution in [-0.2, 0) is 6.54 Å². The van der Waals surface area contributed by atoms with Crippen LogP contribution in [0.1, 0.15) is 12.8 Å². The second-order valence-corrected chi connectivity index (χ2v) is 4.93. The Balaban J connectivity index is 1.45. The second kappa shape index (κ2) is 6.26. The van der Waals surface area contributed by atoms with Crippen molar-refractivity contribution < 1.29 is 4.74 Å². The van der Waals surface area contributed by atoms with E-state index in [1.54, 1.807) is 0 Å². The first-order valence-corrected chi connectivity index (χ1v) is 7.09. The molecule has 0 aliphatic carbocycles. The van der Waals surface area contributed by atoms with Gasteiger partial charge in [-0.25, -0.2) is 4.68 Å². The van der Waals surface area contributed by atoms with Crippen LogP contribution in [0.25, 0.3) is 11.0 Å². The zero-order chi connectivity index (χ0) is 14.5. The summed E-state index contributed by atoms with van der Waals surface area (Å²) in [7, 11) is 0. The highest BCUT2D eigenvalue weighted by Gasteiger charge is 2.02. The van der Waals surface area contributed by atoms with Crippen LogP contribution >= 0.6 is 0 Å². The molecule has 0 amide bonds. The van der Waals surface area contributed by atoms with Gasteiger partial charge in [-0.3, -0.25) is 0 Å². The van der Waals surface area contributed by atoms with E-state index in [0.717, 1.165) is 41.9 Å². The summed E-state index contributed by atoms with van der Waals surface area (Å²) in [5.74, 6) is 0.857. The number of para-hydroxylation sites is 1. The molecular weight excluding hydrogens is 264 g/mol. The maximum Gasteiger partial charge on any atom is 0.119 e. The summed E-state index contributed by atoms with van der Waals surface area (Å²) in [5.41, 5.74) is 8.40. The molecule has 2 N–H and O–H groups in total. The number of ether oxygens (including phenoxy) is 1. The first-order valence-electron chi connectivity index (χ1n) is 7.09. The molecule has 0 atom stereocenters. The van der Waals surface area contributed by atoms with Crippen LogP contribution < -0.4 is 10.5 Å². The molecule has 3 rings (SSSR count). The average Bonchev–Trinajstić information content (AvgIpc) is 2.92. The number of hydrogen-bond donors (Lipinski definition) is 1. The van der Waals surface area contributed by atoms with E-state index < -0.39 is 0 Å². The van der Waals surface area contributed by atoms with Crippen molar-refractivity contribution in [1.29, 1.82) is 0 Å². The van der Waals surface area contributed by atoms with Gasteiger partial charge in [-0.2, -0.15) is 0 Å². The van der Waals surface area contributed by atoms with E-state index in [2.05, 4.69) is 10.3 Å². The van der Waals surface area contributed by atoms with Crippen molar-refractivity contribution in [2.24, 2.45) is 0 Å². The molecule has 3 aromatic rings. The van der Waals surface area contributed by atoms with E-state index >= 15 is 0 Å². The topological polar surface area (TPSA) is 66.0 Å². The number of anilines is 1. The number of aromatic nitrogens is 3. The number of unbranched alkanes of at least 4 members (excludes halogenated alkanes) is 1. The number of aryl methyl sites for hydroxylation is 1. The molecule has 0 aliphatic heterocycles. The van der Waals surface area contributed by atoms with E-state index in [4.69, 9.17) is 10.5 Å². The fraction of sp³-hybridized carbons (Fsp3) is 0.250. The van der Waals surface area contributed by atoms with Gasteiger partial charge in [0.2, 0.25) is 0 Å². The molecule has 21 heavy (non-hydrogen) atoms. The van der Waals surface area contributed by atoms with Crippen molar-refractivity contribution >= 4 is 16.7 Å². The Morgan fingerprint density at radius 3 is 2.67 bits per heavy atom. The highest BCUT2D eigenvalue weighted by Crippen LogP contribution is 2.14. The Kier molecular flexibility index (Phi) is 4.00. The van der Waals surface area contributed by atoms with Crippen molar-refractivity contribution in [2.45, 2.75) is 19.4 Å². The summed E-state index contributed by atoms with van der Waals surface area (Å²) in [6.07, 6.45) is 1.97. The van der Waals surface area contributed by atoms with Crippen molar-refractivity contribution in [3.8, 4) is 5.75 Å². The van der Waals surface area contributed by atoms with Crippen molar-refractivity contribution in [1.82, 2.24) is 15.0 Å². The summed E-state index contributed by atoms with van der Waals surface area (Å²) in [4.78, 5) is 0. The van der Waals surface area contributed by atoms with Crippen molar-refractivity contribution in [2.75, 3.05) is 12.3 Å². The molecule has 0 aliphatic rings. The Labute approximate surface area is 123 Å². The lowest BCUT2D eigenvalue weighted by Gasteiger charge is -2.06. The smallest absolute Gasteiger partial charge is 0.119 e. The number of benzene rings is 2. The fourth-order valence-corrected chi connectivity index (χ4v) is 2.20. The number of nitrogens with two attached hydrogens (primary N) is 1. The van der Waals surface area contributed by atoms with E-state index in [0.29, 0.717) is 6.61 Å². The minimum absolute atomic E-state index is 0.691. The van der Waals surface area contributed by atoms with Gasteiger partial charge in [0.1, 0.15) is 11.3 Å². The monoisotopic (exact) mass is 282 g/mol. The molecule has 0 unspecified atom stereocenters. The van der Waals surface area contributed by atoms with Gasteiger partial charge in [-0.15, -0.1) is 5.10 Å². The third kappa shape index (κ3) is 3.31. The highest BCUT2D eigenvalue weighted by atomic mass is 16.5. The number of hydrogen-bond acceptors (Lipinski definition) is 4. The van der Waals surface area contributed by atoms with Gasteiger partial charge in [-0.1, -0.05) is 17.3 Å². The van der Waals surface area contributed by atoms with Crippen LogP contribution in [0, 0.1) is 0 Å². The second-order valence-electron chi connectivity index (χ2n) is 4.93. The molecule has 1 aromatic heterocycles. The molecule has 5 heteroatoms. The predicted octanol–water partition coefficient (Wildman–Crippen LogP) is 2.87. The highest BCUT2D eigenvalue weighted by molar-refractivity contribution is 5.73. The van der Waals surface area contributed by atoms with E-state index in [-0.39, 0.29) is 0 Å². The molecule has 5 nitrogen and oxygen atoms in total. The minimum Gasteiger partial charge on any atom is -0.494 e. The Hall–Kier alpha value is -2.56. The molecule has 0 radical (unpaired) electrons. The Bertz CT molecular complexity index is 706. The molecule has 0 bridgehead atoms. The molecule has 0 fully saturated rings.